The number of pyridine rings is 1. The van der Waals surface area contributed by atoms with E-state index in [0.717, 1.165) is 11.3 Å². The van der Waals surface area contributed by atoms with Crippen LogP contribution in [0.15, 0.2) is 64.4 Å². The molecule has 2 aliphatic heterocycles. The van der Waals surface area contributed by atoms with Gasteiger partial charge in [-0.15, -0.1) is 0 Å². The monoisotopic (exact) mass is 423 g/mol. The fourth-order valence-corrected chi connectivity index (χ4v) is 3.34. The number of carbonyl (C=O) groups is 2. The third kappa shape index (κ3) is 4.23. The van der Waals surface area contributed by atoms with Crippen LogP contribution in [-0.4, -0.2) is 53.6 Å². The Kier molecular flexibility index (Phi) is 5.58. The van der Waals surface area contributed by atoms with Gasteiger partial charge in [0.15, 0.2) is 0 Å². The molecule has 4 rings (SSSR count). The van der Waals surface area contributed by atoms with Crippen molar-refractivity contribution >= 4 is 35.1 Å². The zero-order valence-electron chi connectivity index (χ0n) is 16.1. The summed E-state index contributed by atoms with van der Waals surface area (Å²) in [5, 5.41) is 2.99. The molecule has 1 aromatic carbocycles. The Balaban J connectivity index is 1.45. The van der Waals surface area contributed by atoms with E-state index in [1.807, 2.05) is 0 Å². The maximum absolute atomic E-state index is 12.7. The largest absolute Gasteiger partial charge is 0.497 e. The van der Waals surface area contributed by atoms with Crippen molar-refractivity contribution in [1.82, 2.24) is 15.2 Å². The first-order valence-corrected chi connectivity index (χ1v) is 9.62. The lowest BCUT2D eigenvalue weighted by atomic mass is 10.0. The number of halogens is 1. The molecule has 2 aromatic rings. The van der Waals surface area contributed by atoms with Gasteiger partial charge in [0, 0.05) is 42.1 Å². The van der Waals surface area contributed by atoms with Gasteiger partial charge in [-0.2, -0.15) is 0 Å². The lowest BCUT2D eigenvalue weighted by Crippen LogP contribution is -2.37. The van der Waals surface area contributed by atoms with E-state index in [1.54, 1.807) is 48.5 Å². The lowest BCUT2D eigenvalue weighted by molar-refractivity contribution is 0.0822. The molecule has 0 aliphatic carbocycles. The van der Waals surface area contributed by atoms with Crippen LogP contribution >= 0.6 is 11.6 Å². The normalized spacial score (nSPS) is 15.4. The molecule has 0 fully saturated rings. The summed E-state index contributed by atoms with van der Waals surface area (Å²) < 4.78 is 5.15. The second-order valence-electron chi connectivity index (χ2n) is 6.65. The van der Waals surface area contributed by atoms with E-state index >= 15 is 0 Å². The highest BCUT2D eigenvalue weighted by Crippen LogP contribution is 2.20. The van der Waals surface area contributed by atoms with E-state index in [4.69, 9.17) is 16.3 Å². The van der Waals surface area contributed by atoms with Gasteiger partial charge in [0.25, 0.3) is 11.8 Å². The lowest BCUT2D eigenvalue weighted by Gasteiger charge is -2.27. The molecule has 0 saturated heterocycles. The van der Waals surface area contributed by atoms with Gasteiger partial charge in [-0.3, -0.25) is 14.9 Å². The average Bonchev–Trinajstić information content (AvgIpc) is 2.78. The zero-order valence-corrected chi connectivity index (χ0v) is 16.9. The fraction of sp³-hybridized carbons (Fsp3) is 0.190. The summed E-state index contributed by atoms with van der Waals surface area (Å²) in [4.78, 5) is 39.5. The van der Waals surface area contributed by atoms with Gasteiger partial charge in [0.1, 0.15) is 10.9 Å². The average molecular weight is 424 g/mol. The number of benzene rings is 1. The third-order valence-electron chi connectivity index (χ3n) is 4.70. The van der Waals surface area contributed by atoms with Gasteiger partial charge in [0.2, 0.25) is 5.96 Å². The summed E-state index contributed by atoms with van der Waals surface area (Å²) in [6.07, 6.45) is 3.81. The quantitative estimate of drug-likeness (QED) is 0.767. The van der Waals surface area contributed by atoms with E-state index < -0.39 is 0 Å². The third-order valence-corrected chi connectivity index (χ3v) is 4.91. The molecule has 2 aliphatic rings. The predicted octanol–water partition coefficient (Wildman–Crippen LogP) is 2.71. The molecule has 0 spiro atoms. The summed E-state index contributed by atoms with van der Waals surface area (Å²) in [6, 6.07) is 10.0. The van der Waals surface area contributed by atoms with Crippen LogP contribution in [-0.2, 0) is 0 Å². The van der Waals surface area contributed by atoms with Crippen LogP contribution in [0.5, 0.6) is 5.75 Å². The van der Waals surface area contributed by atoms with Crippen molar-refractivity contribution in [3.63, 3.8) is 0 Å². The van der Waals surface area contributed by atoms with Crippen LogP contribution in [0.25, 0.3) is 0 Å². The number of aliphatic imine (C=N–C) groups is 2. The number of aromatic nitrogens is 1. The Morgan fingerprint density at radius 1 is 1.20 bits per heavy atom. The number of hydrogen-bond donors (Lipinski definition) is 1. The van der Waals surface area contributed by atoms with Gasteiger partial charge in [-0.1, -0.05) is 17.7 Å². The minimum Gasteiger partial charge on any atom is -0.497 e. The summed E-state index contributed by atoms with van der Waals surface area (Å²) in [7, 11) is 1.54. The Bertz CT molecular complexity index is 1110. The molecule has 0 radical (unpaired) electrons. The Morgan fingerprint density at radius 3 is 2.87 bits per heavy atom. The number of nitrogens with zero attached hydrogens (tertiary/aromatic N) is 4. The highest BCUT2D eigenvalue weighted by Gasteiger charge is 2.25. The second kappa shape index (κ2) is 8.46. The van der Waals surface area contributed by atoms with Crippen molar-refractivity contribution in [1.29, 1.82) is 0 Å². The molecule has 9 heteroatoms. The van der Waals surface area contributed by atoms with Crippen molar-refractivity contribution in [2.24, 2.45) is 9.98 Å². The molecule has 1 N–H and O–H groups in total. The van der Waals surface area contributed by atoms with Crippen molar-refractivity contribution in [2.45, 2.75) is 6.42 Å². The van der Waals surface area contributed by atoms with Crippen molar-refractivity contribution in [3.05, 3.63) is 70.6 Å². The van der Waals surface area contributed by atoms with Crippen LogP contribution < -0.4 is 10.1 Å². The number of guanidine groups is 1. The molecule has 2 amide bonds. The van der Waals surface area contributed by atoms with E-state index in [-0.39, 0.29) is 22.9 Å². The first-order valence-electron chi connectivity index (χ1n) is 9.24. The number of methoxy groups -OCH3 is 1. The number of nitrogens with one attached hydrogen (secondary N) is 1. The SMILES string of the molecule is COc1cccc(C(=O)NC2=NCC3=CN(C(=O)c4ccnc(Cl)c4)CCC3=N2)c1. The molecular weight excluding hydrogens is 406 g/mol. The number of hydrogen-bond acceptors (Lipinski definition) is 6. The highest BCUT2D eigenvalue weighted by atomic mass is 35.5. The molecule has 0 saturated carbocycles. The Morgan fingerprint density at radius 2 is 2.07 bits per heavy atom. The fourth-order valence-electron chi connectivity index (χ4n) is 3.16. The maximum atomic E-state index is 12.7. The van der Waals surface area contributed by atoms with E-state index in [2.05, 4.69) is 20.3 Å². The van der Waals surface area contributed by atoms with E-state index in [9.17, 15) is 9.59 Å². The van der Waals surface area contributed by atoms with Crippen LogP contribution in [0.4, 0.5) is 0 Å². The second-order valence-corrected chi connectivity index (χ2v) is 7.04. The van der Waals surface area contributed by atoms with Gasteiger partial charge < -0.3 is 9.64 Å². The van der Waals surface area contributed by atoms with Gasteiger partial charge in [0.05, 0.1) is 19.4 Å². The van der Waals surface area contributed by atoms with E-state index in [0.29, 0.717) is 36.4 Å². The van der Waals surface area contributed by atoms with Crippen LogP contribution in [0.1, 0.15) is 27.1 Å². The first kappa shape index (κ1) is 19.8. The Hall–Kier alpha value is -3.52. The van der Waals surface area contributed by atoms with Crippen LogP contribution in [0, 0.1) is 0 Å². The Labute approximate surface area is 177 Å². The topological polar surface area (TPSA) is 96.2 Å². The maximum Gasteiger partial charge on any atom is 0.258 e. The van der Waals surface area contributed by atoms with E-state index in [1.165, 1.54) is 12.3 Å². The molecule has 0 unspecified atom stereocenters. The zero-order chi connectivity index (χ0) is 21.1. The summed E-state index contributed by atoms with van der Waals surface area (Å²) in [5.41, 5.74) is 2.57. The van der Waals surface area contributed by atoms with Gasteiger partial charge in [-0.25, -0.2) is 15.0 Å². The van der Waals surface area contributed by atoms with Crippen molar-refractivity contribution in [3.8, 4) is 5.75 Å². The predicted molar refractivity (Wildman–Crippen MR) is 113 cm³/mol. The van der Waals surface area contributed by atoms with Crippen LogP contribution in [0.2, 0.25) is 5.15 Å². The van der Waals surface area contributed by atoms with Gasteiger partial charge >= 0.3 is 0 Å². The molecule has 1 aromatic heterocycles. The minimum absolute atomic E-state index is 0.160. The number of rotatable bonds is 3. The first-order chi connectivity index (χ1) is 14.5. The standard InChI is InChI=1S/C21H18ClN5O3/c1-30-16-4-2-3-13(9-16)19(28)26-21-24-11-15-12-27(8-6-17(15)25-21)20(29)14-5-7-23-18(22)10-14/h2-5,7,9-10,12H,6,8,11H2,1H3,(H,24,26,28). The van der Waals surface area contributed by atoms with Crippen molar-refractivity contribution < 1.29 is 14.3 Å². The number of ether oxygens (including phenoxy) is 1. The number of fused-ring (bicyclic) bond motifs is 1. The molecular formula is C21H18ClN5O3. The molecule has 8 nitrogen and oxygen atoms in total. The summed E-state index contributed by atoms with van der Waals surface area (Å²) in [6.45, 7) is 0.797. The number of carbonyl (C=O) groups excluding carboxylic acids is 2. The molecule has 30 heavy (non-hydrogen) atoms. The molecule has 152 valence electrons. The molecule has 0 bridgehead atoms. The highest BCUT2D eigenvalue weighted by molar-refractivity contribution is 6.29. The summed E-state index contributed by atoms with van der Waals surface area (Å²) in [5.74, 6) is 0.381. The minimum atomic E-state index is -0.313. The van der Waals surface area contributed by atoms with Crippen LogP contribution in [0.3, 0.4) is 0 Å². The molecule has 3 heterocycles. The van der Waals surface area contributed by atoms with Gasteiger partial charge in [-0.05, 0) is 30.3 Å². The van der Waals surface area contributed by atoms with Crippen molar-refractivity contribution in [2.75, 3.05) is 20.2 Å². The molecule has 0 atom stereocenters. The smallest absolute Gasteiger partial charge is 0.258 e. The summed E-state index contributed by atoms with van der Waals surface area (Å²) >= 11 is 5.88. The number of amides is 2.